The molecule has 0 aliphatic heterocycles. The van der Waals surface area contributed by atoms with E-state index in [-0.39, 0.29) is 5.82 Å². The van der Waals surface area contributed by atoms with Crippen LogP contribution in [0.25, 0.3) is 0 Å². The smallest absolute Gasteiger partial charge is 0.123 e. The van der Waals surface area contributed by atoms with E-state index in [0.717, 1.165) is 12.5 Å². The molecule has 1 unspecified atom stereocenters. The molecule has 1 atom stereocenters. The van der Waals surface area contributed by atoms with Gasteiger partial charge in [0.15, 0.2) is 0 Å². The molecule has 2 aromatic carbocycles. The van der Waals surface area contributed by atoms with Gasteiger partial charge in [0.25, 0.3) is 0 Å². The molecule has 2 aromatic rings. The second kappa shape index (κ2) is 6.86. The highest BCUT2D eigenvalue weighted by Crippen LogP contribution is 2.30. The van der Waals surface area contributed by atoms with Gasteiger partial charge in [0.1, 0.15) is 5.82 Å². The van der Waals surface area contributed by atoms with E-state index >= 15 is 0 Å². The molecule has 21 heavy (non-hydrogen) atoms. The first-order valence-electron chi connectivity index (χ1n) is 7.45. The Balaban J connectivity index is 2.23. The van der Waals surface area contributed by atoms with E-state index in [1.807, 2.05) is 18.2 Å². The molecule has 0 aliphatic rings. The first-order chi connectivity index (χ1) is 10.0. The Labute approximate surface area is 128 Å². The maximum atomic E-state index is 13.1. The lowest BCUT2D eigenvalue weighted by Gasteiger charge is -2.28. The first kappa shape index (κ1) is 15.7. The molecule has 110 valence electrons. The Kier molecular flexibility index (Phi) is 5.13. The van der Waals surface area contributed by atoms with Gasteiger partial charge >= 0.3 is 0 Å². The number of halogens is 1. The number of rotatable bonds is 6. The Morgan fingerprint density at radius 1 is 1.05 bits per heavy atom. The second-order valence-corrected chi connectivity index (χ2v) is 11.0. The summed E-state index contributed by atoms with van der Waals surface area (Å²) in [5.74, 6) is 0.251. The van der Waals surface area contributed by atoms with Crippen molar-refractivity contribution in [2.75, 3.05) is 0 Å². The molecule has 0 bridgehead atoms. The Bertz CT molecular complexity index is 572. The largest absolute Gasteiger partial charge is 0.207 e. The number of allylic oxidation sites excluding steroid dienone is 1. The zero-order valence-corrected chi connectivity index (χ0v) is 13.9. The molecule has 0 heterocycles. The average molecular weight is 298 g/mol. The summed E-state index contributed by atoms with van der Waals surface area (Å²) in [5.41, 5.74) is 1.22. The first-order valence-corrected chi connectivity index (χ1v) is 10.7. The minimum atomic E-state index is -1.52. The summed E-state index contributed by atoms with van der Waals surface area (Å²) in [7, 11) is -1.52. The highest BCUT2D eigenvalue weighted by atomic mass is 28.3. The predicted molar refractivity (Wildman–Crippen MR) is 92.3 cm³/mol. The normalized spacial score (nSPS) is 12.9. The molecule has 2 rings (SSSR count). The van der Waals surface area contributed by atoms with Crippen LogP contribution in [0.3, 0.4) is 0 Å². The summed E-state index contributed by atoms with van der Waals surface area (Å²) < 4.78 is 13.1. The van der Waals surface area contributed by atoms with Gasteiger partial charge in [-0.15, -0.1) is 6.58 Å². The van der Waals surface area contributed by atoms with Gasteiger partial charge in [0, 0.05) is 0 Å². The van der Waals surface area contributed by atoms with E-state index in [4.69, 9.17) is 0 Å². The predicted octanol–water partition coefficient (Wildman–Crippen LogP) is 5.10. The summed E-state index contributed by atoms with van der Waals surface area (Å²) in [6, 6.07) is 18.9. The topological polar surface area (TPSA) is 0 Å². The minimum absolute atomic E-state index is 0.171. The fourth-order valence-corrected chi connectivity index (χ4v) is 5.86. The van der Waals surface area contributed by atoms with Crippen LogP contribution in [0.4, 0.5) is 4.39 Å². The molecule has 0 radical (unpaired) electrons. The fourth-order valence-electron chi connectivity index (χ4n) is 2.90. The van der Waals surface area contributed by atoms with E-state index < -0.39 is 8.07 Å². The van der Waals surface area contributed by atoms with Gasteiger partial charge in [-0.2, -0.15) is 0 Å². The lowest BCUT2D eigenvalue weighted by atomic mass is 9.98. The van der Waals surface area contributed by atoms with Crippen molar-refractivity contribution in [2.24, 2.45) is 0 Å². The van der Waals surface area contributed by atoms with Gasteiger partial charge in [-0.05, 0) is 36.1 Å². The fraction of sp³-hybridized carbons (Fsp3) is 0.263. The Hall–Kier alpha value is -1.67. The van der Waals surface area contributed by atoms with Crippen LogP contribution in [0.5, 0.6) is 0 Å². The van der Waals surface area contributed by atoms with E-state index in [9.17, 15) is 4.39 Å². The van der Waals surface area contributed by atoms with Gasteiger partial charge in [-0.25, -0.2) is 4.39 Å². The standard InChI is InChI=1S/C19H23FSi/c1-4-8-17(16-11-13-18(20)14-12-16)15-21(2,3)19-9-6-5-7-10-19/h4-7,9-14,17H,1,8,15H2,2-3H3. The Morgan fingerprint density at radius 2 is 1.67 bits per heavy atom. The van der Waals surface area contributed by atoms with Crippen LogP contribution in [0.15, 0.2) is 67.3 Å². The molecule has 0 saturated heterocycles. The average Bonchev–Trinajstić information content (AvgIpc) is 2.48. The van der Waals surface area contributed by atoms with Crippen molar-refractivity contribution < 1.29 is 4.39 Å². The summed E-state index contributed by atoms with van der Waals surface area (Å²) >= 11 is 0. The summed E-state index contributed by atoms with van der Waals surface area (Å²) in [5, 5.41) is 1.47. The number of hydrogen-bond acceptors (Lipinski definition) is 0. The van der Waals surface area contributed by atoms with Gasteiger partial charge in [0.2, 0.25) is 0 Å². The van der Waals surface area contributed by atoms with Crippen molar-refractivity contribution in [2.45, 2.75) is 31.5 Å². The van der Waals surface area contributed by atoms with Gasteiger partial charge in [0.05, 0.1) is 8.07 Å². The van der Waals surface area contributed by atoms with Crippen molar-refractivity contribution in [1.82, 2.24) is 0 Å². The monoisotopic (exact) mass is 298 g/mol. The van der Waals surface area contributed by atoms with Gasteiger partial charge in [-0.1, -0.05) is 66.8 Å². The highest BCUT2D eigenvalue weighted by molar-refractivity contribution is 6.89. The van der Waals surface area contributed by atoms with Crippen LogP contribution in [-0.4, -0.2) is 8.07 Å². The summed E-state index contributed by atoms with van der Waals surface area (Å²) in [6.45, 7) is 8.70. The molecule has 0 amide bonds. The van der Waals surface area contributed by atoms with Gasteiger partial charge in [-0.3, -0.25) is 0 Å². The lowest BCUT2D eigenvalue weighted by molar-refractivity contribution is 0.625. The van der Waals surface area contributed by atoms with Gasteiger partial charge < -0.3 is 0 Å². The van der Waals surface area contributed by atoms with Crippen LogP contribution in [0.1, 0.15) is 17.9 Å². The lowest BCUT2D eigenvalue weighted by Crippen LogP contribution is -2.42. The van der Waals surface area contributed by atoms with Crippen molar-refractivity contribution in [3.63, 3.8) is 0 Å². The molecule has 0 saturated carbocycles. The third-order valence-corrected chi connectivity index (χ3v) is 7.51. The molecule has 0 fully saturated rings. The van der Waals surface area contributed by atoms with Crippen molar-refractivity contribution >= 4 is 13.3 Å². The molecule has 0 aromatic heterocycles. The van der Waals surface area contributed by atoms with Crippen LogP contribution in [0, 0.1) is 5.82 Å². The quantitative estimate of drug-likeness (QED) is 0.514. The molecule has 0 spiro atoms. The van der Waals surface area contributed by atoms with E-state index in [0.29, 0.717) is 5.92 Å². The molecule has 2 heteroatoms. The third-order valence-electron chi connectivity index (χ3n) is 4.10. The van der Waals surface area contributed by atoms with Crippen LogP contribution in [-0.2, 0) is 0 Å². The zero-order chi connectivity index (χ0) is 15.3. The number of benzene rings is 2. The zero-order valence-electron chi connectivity index (χ0n) is 12.9. The highest BCUT2D eigenvalue weighted by Gasteiger charge is 2.27. The van der Waals surface area contributed by atoms with Crippen LogP contribution < -0.4 is 5.19 Å². The van der Waals surface area contributed by atoms with E-state index in [1.165, 1.54) is 10.8 Å². The number of hydrogen-bond donors (Lipinski definition) is 0. The van der Waals surface area contributed by atoms with E-state index in [2.05, 4.69) is 50.0 Å². The van der Waals surface area contributed by atoms with Crippen LogP contribution in [0.2, 0.25) is 19.1 Å². The van der Waals surface area contributed by atoms with Crippen LogP contribution >= 0.6 is 0 Å². The van der Waals surface area contributed by atoms with Crippen molar-refractivity contribution in [3.05, 3.63) is 78.6 Å². The summed E-state index contributed by atoms with van der Waals surface area (Å²) in [4.78, 5) is 0. The maximum Gasteiger partial charge on any atom is 0.123 e. The maximum absolute atomic E-state index is 13.1. The molecular formula is C19H23FSi. The van der Waals surface area contributed by atoms with Crippen molar-refractivity contribution in [1.29, 1.82) is 0 Å². The summed E-state index contributed by atoms with van der Waals surface area (Å²) in [6.07, 6.45) is 2.92. The third kappa shape index (κ3) is 4.15. The molecule has 0 aliphatic carbocycles. The second-order valence-electron chi connectivity index (χ2n) is 6.23. The molecule has 0 nitrogen and oxygen atoms in total. The Morgan fingerprint density at radius 3 is 2.24 bits per heavy atom. The SMILES string of the molecule is C=CCC(C[Si](C)(C)c1ccccc1)c1ccc(F)cc1. The minimum Gasteiger partial charge on any atom is -0.207 e. The van der Waals surface area contributed by atoms with E-state index in [1.54, 1.807) is 12.1 Å². The molecule has 0 N–H and O–H groups in total. The van der Waals surface area contributed by atoms with Crippen molar-refractivity contribution in [3.8, 4) is 0 Å². The molecular weight excluding hydrogens is 275 g/mol.